The maximum Gasteiger partial charge on any atom is 0.459 e. The van der Waals surface area contributed by atoms with Gasteiger partial charge in [-0.05, 0) is 65.0 Å². The van der Waals surface area contributed by atoms with Crippen LogP contribution < -0.4 is 21.0 Å². The van der Waals surface area contributed by atoms with Gasteiger partial charge in [-0.15, -0.1) is 0 Å². The van der Waals surface area contributed by atoms with E-state index in [4.69, 9.17) is 45.3 Å². The molecule has 2 saturated heterocycles. The van der Waals surface area contributed by atoms with Gasteiger partial charge >= 0.3 is 19.4 Å². The highest BCUT2D eigenvalue weighted by molar-refractivity contribution is 7.52. The van der Waals surface area contributed by atoms with E-state index in [-0.39, 0.29) is 24.8 Å². The second-order valence-electron chi connectivity index (χ2n) is 9.73. The second-order valence-corrected chi connectivity index (χ2v) is 11.9. The van der Waals surface area contributed by atoms with Gasteiger partial charge in [0, 0.05) is 11.2 Å². The van der Waals surface area contributed by atoms with Crippen LogP contribution in [0.5, 0.6) is 5.75 Å². The van der Waals surface area contributed by atoms with Crippen LogP contribution in [0.15, 0.2) is 41.3 Å². The maximum atomic E-state index is 13.9. The Bertz CT molecular complexity index is 1310. The number of hydrogen-bond acceptors (Lipinski definition) is 11. The van der Waals surface area contributed by atoms with E-state index >= 15 is 0 Å². The monoisotopic (exact) mass is 586 g/mol. The van der Waals surface area contributed by atoms with Crippen LogP contribution in [0.4, 0.5) is 5.82 Å². The van der Waals surface area contributed by atoms with E-state index in [0.717, 1.165) is 0 Å². The quantitative estimate of drug-likeness (QED) is 0.309. The molecule has 1 unspecified atom stereocenters. The van der Waals surface area contributed by atoms with Crippen LogP contribution in [0.1, 0.15) is 40.8 Å². The fourth-order valence-electron chi connectivity index (χ4n) is 4.57. The van der Waals surface area contributed by atoms with Crippen LogP contribution >= 0.6 is 19.3 Å². The summed E-state index contributed by atoms with van der Waals surface area (Å²) in [4.78, 5) is 28.7. The molecule has 1 aromatic heterocycles. The standard InChI is InChI=1S/C24H32ClN4O9P/c1-6-33-20(30)14(2)28-39(32,37-16-9-7-15(25)8-10-16)34-13-17-19-24(5,38-23(3,4)36-19)21(35-17)29-12-11-18(26)27-22(29)31/h7-12,14,17,19,21H,6,13H2,1-5H3,(H,28,32)(H2,26,27,31)/t14-,17+,19+,21+,24+,39?/m0/s1. The third kappa shape index (κ3) is 6.46. The summed E-state index contributed by atoms with van der Waals surface area (Å²) < 4.78 is 50.1. The molecular formula is C24H32ClN4O9P. The summed E-state index contributed by atoms with van der Waals surface area (Å²) >= 11 is 5.95. The summed E-state index contributed by atoms with van der Waals surface area (Å²) in [6, 6.07) is 6.54. The van der Waals surface area contributed by atoms with Gasteiger partial charge in [0.25, 0.3) is 0 Å². The van der Waals surface area contributed by atoms with Crippen molar-refractivity contribution in [3.8, 4) is 5.75 Å². The summed E-state index contributed by atoms with van der Waals surface area (Å²) in [6.07, 6.45) is -1.13. The van der Waals surface area contributed by atoms with Gasteiger partial charge in [0.1, 0.15) is 35.4 Å². The number of nitrogen functional groups attached to an aromatic ring is 1. The Balaban J connectivity index is 1.60. The number of nitrogens with one attached hydrogen (secondary N) is 1. The zero-order valence-electron chi connectivity index (χ0n) is 22.2. The van der Waals surface area contributed by atoms with E-state index in [0.29, 0.717) is 5.02 Å². The molecule has 3 N–H and O–H groups in total. The van der Waals surface area contributed by atoms with Crippen molar-refractivity contribution in [3.05, 3.63) is 52.0 Å². The fourth-order valence-corrected chi connectivity index (χ4v) is 6.20. The number of rotatable bonds is 10. The molecule has 0 amide bonds. The lowest BCUT2D eigenvalue weighted by Gasteiger charge is -2.30. The zero-order valence-corrected chi connectivity index (χ0v) is 23.8. The third-order valence-electron chi connectivity index (χ3n) is 6.12. The summed E-state index contributed by atoms with van der Waals surface area (Å²) in [6.45, 7) is 8.14. The molecule has 2 fully saturated rings. The first-order chi connectivity index (χ1) is 18.2. The summed E-state index contributed by atoms with van der Waals surface area (Å²) in [5, 5.41) is 3.05. The van der Waals surface area contributed by atoms with E-state index in [9.17, 15) is 14.2 Å². The molecule has 0 aliphatic carbocycles. The second kappa shape index (κ2) is 11.2. The molecule has 214 valence electrons. The van der Waals surface area contributed by atoms with Crippen molar-refractivity contribution in [3.63, 3.8) is 0 Å². The van der Waals surface area contributed by atoms with Crippen molar-refractivity contribution in [2.24, 2.45) is 0 Å². The average molecular weight is 587 g/mol. The molecule has 0 bridgehead atoms. The molecule has 0 saturated carbocycles. The van der Waals surface area contributed by atoms with E-state index in [1.54, 1.807) is 39.8 Å². The molecule has 0 spiro atoms. The topological polar surface area (TPSA) is 162 Å². The van der Waals surface area contributed by atoms with E-state index < -0.39 is 55.3 Å². The van der Waals surface area contributed by atoms with E-state index in [1.807, 2.05) is 0 Å². The Morgan fingerprint density at radius 1 is 1.28 bits per heavy atom. The number of anilines is 1. The lowest BCUT2D eigenvalue weighted by molar-refractivity contribution is -0.217. The number of benzene rings is 1. The summed E-state index contributed by atoms with van der Waals surface area (Å²) in [5.74, 6) is -1.43. The smallest absolute Gasteiger partial charge is 0.459 e. The number of halogens is 1. The molecule has 2 aliphatic heterocycles. The molecular weight excluding hydrogens is 555 g/mol. The number of nitrogens with two attached hydrogens (primary N) is 1. The van der Waals surface area contributed by atoms with Gasteiger partial charge in [0.2, 0.25) is 0 Å². The number of carbonyl (C=O) groups excluding carboxylic acids is 1. The third-order valence-corrected chi connectivity index (χ3v) is 8.01. The van der Waals surface area contributed by atoms with Crippen molar-refractivity contribution in [1.82, 2.24) is 14.6 Å². The molecule has 1 aromatic carbocycles. The highest BCUT2D eigenvalue weighted by Gasteiger charge is 2.64. The molecule has 3 heterocycles. The number of esters is 1. The average Bonchev–Trinajstić information content (AvgIpc) is 3.24. The van der Waals surface area contributed by atoms with Crippen molar-refractivity contribution in [2.45, 2.75) is 70.5 Å². The molecule has 2 aromatic rings. The molecule has 6 atom stereocenters. The number of aromatic nitrogens is 2. The van der Waals surface area contributed by atoms with Crippen LogP contribution in [0.2, 0.25) is 5.02 Å². The lowest BCUT2D eigenvalue weighted by Crippen LogP contribution is -2.45. The minimum absolute atomic E-state index is 0.0573. The van der Waals surface area contributed by atoms with Gasteiger partial charge in [-0.1, -0.05) is 11.6 Å². The normalized spacial score (nSPS) is 27.9. The first-order valence-electron chi connectivity index (χ1n) is 12.3. The summed E-state index contributed by atoms with van der Waals surface area (Å²) in [5.41, 5.74) is 3.86. The number of nitrogens with zero attached hydrogens (tertiary/aromatic N) is 2. The molecule has 39 heavy (non-hydrogen) atoms. The lowest BCUT2D eigenvalue weighted by atomic mass is 9.96. The Labute approximate surface area is 230 Å². The zero-order chi connectivity index (χ0) is 28.6. The predicted octanol–water partition coefficient (Wildman–Crippen LogP) is 3.03. The van der Waals surface area contributed by atoms with Gasteiger partial charge in [0.15, 0.2) is 12.0 Å². The number of fused-ring (bicyclic) bond motifs is 1. The Kier molecular flexibility index (Phi) is 8.44. The molecule has 0 radical (unpaired) electrons. The van der Waals surface area contributed by atoms with Crippen LogP contribution in [-0.4, -0.2) is 58.4 Å². The maximum absolute atomic E-state index is 13.9. The van der Waals surface area contributed by atoms with E-state index in [2.05, 4.69) is 10.1 Å². The molecule has 13 nitrogen and oxygen atoms in total. The van der Waals surface area contributed by atoms with Crippen LogP contribution in [0.25, 0.3) is 0 Å². The van der Waals surface area contributed by atoms with Gasteiger partial charge < -0.3 is 29.2 Å². The van der Waals surface area contributed by atoms with Crippen molar-refractivity contribution in [1.29, 1.82) is 0 Å². The SMILES string of the molecule is CCOC(=O)[C@H](C)NP(=O)(OC[C@H]1O[C@@H](n2ccc(N)nc2=O)[C@]2(C)OC(C)(C)O[C@H]12)Oc1ccc(Cl)cc1. The first kappa shape index (κ1) is 29.5. The van der Waals surface area contributed by atoms with Gasteiger partial charge in [-0.3, -0.25) is 13.9 Å². The fraction of sp³-hybridized carbons (Fsp3) is 0.542. The van der Waals surface area contributed by atoms with Gasteiger partial charge in [0.05, 0.1) is 13.2 Å². The number of carbonyl (C=O) groups is 1. The Hall–Kier alpha value is -2.51. The highest BCUT2D eigenvalue weighted by Crippen LogP contribution is 2.52. The number of ether oxygens (including phenoxy) is 4. The summed E-state index contributed by atoms with van der Waals surface area (Å²) in [7, 11) is -4.21. The van der Waals surface area contributed by atoms with Gasteiger partial charge in [-0.25, -0.2) is 9.36 Å². The minimum Gasteiger partial charge on any atom is -0.465 e. The van der Waals surface area contributed by atoms with Crippen LogP contribution in [0, 0.1) is 0 Å². The molecule has 15 heteroatoms. The van der Waals surface area contributed by atoms with Crippen molar-refractivity contribution in [2.75, 3.05) is 18.9 Å². The number of hydrogen-bond donors (Lipinski definition) is 2. The van der Waals surface area contributed by atoms with Crippen molar-refractivity contribution < 1.29 is 37.4 Å². The predicted molar refractivity (Wildman–Crippen MR) is 140 cm³/mol. The van der Waals surface area contributed by atoms with Crippen molar-refractivity contribution >= 4 is 31.1 Å². The Morgan fingerprint density at radius 2 is 1.97 bits per heavy atom. The van der Waals surface area contributed by atoms with Crippen LogP contribution in [0.3, 0.4) is 0 Å². The Morgan fingerprint density at radius 3 is 2.62 bits per heavy atom. The van der Waals surface area contributed by atoms with E-state index in [1.165, 1.54) is 35.9 Å². The van der Waals surface area contributed by atoms with Crippen LogP contribution in [-0.2, 0) is 32.8 Å². The molecule has 4 rings (SSSR count). The minimum atomic E-state index is -4.21. The van der Waals surface area contributed by atoms with Gasteiger partial charge in [-0.2, -0.15) is 10.1 Å². The first-order valence-corrected chi connectivity index (χ1v) is 14.2. The molecule has 2 aliphatic rings. The largest absolute Gasteiger partial charge is 0.465 e. The highest BCUT2D eigenvalue weighted by atomic mass is 35.5.